The lowest BCUT2D eigenvalue weighted by Gasteiger charge is -2.40. The molecule has 2 aromatic heterocycles. The summed E-state index contributed by atoms with van der Waals surface area (Å²) in [6.45, 7) is 3.43. The zero-order valence-corrected chi connectivity index (χ0v) is 13.8. The molecule has 1 aliphatic carbocycles. The molecule has 0 aromatic carbocycles. The number of fused-ring (bicyclic) bond motifs is 2. The number of hydrogen-bond acceptors (Lipinski definition) is 5. The highest BCUT2D eigenvalue weighted by Gasteiger charge is 2.44. The topological polar surface area (TPSA) is 85.0 Å². The molecule has 0 radical (unpaired) electrons. The van der Waals surface area contributed by atoms with Gasteiger partial charge in [-0.05, 0) is 50.3 Å². The van der Waals surface area contributed by atoms with Crippen LogP contribution in [-0.2, 0) is 11.8 Å². The van der Waals surface area contributed by atoms with Crippen LogP contribution in [0.25, 0.3) is 0 Å². The van der Waals surface area contributed by atoms with Crippen molar-refractivity contribution in [2.75, 3.05) is 18.8 Å². The SMILES string of the molecule is Cc1ncc2c(n1)C1(CCCN(C(=O)c3ccc(N)nc3)C1)CC2. The van der Waals surface area contributed by atoms with Gasteiger partial charge < -0.3 is 10.6 Å². The van der Waals surface area contributed by atoms with Gasteiger partial charge in [0.2, 0.25) is 0 Å². The third kappa shape index (κ3) is 2.42. The van der Waals surface area contributed by atoms with Gasteiger partial charge in [0.15, 0.2) is 0 Å². The lowest BCUT2D eigenvalue weighted by atomic mass is 9.77. The summed E-state index contributed by atoms with van der Waals surface area (Å²) < 4.78 is 0. The van der Waals surface area contributed by atoms with Crippen LogP contribution in [0, 0.1) is 6.92 Å². The monoisotopic (exact) mass is 323 g/mol. The third-order valence-corrected chi connectivity index (χ3v) is 5.26. The Morgan fingerprint density at radius 2 is 2.12 bits per heavy atom. The van der Waals surface area contributed by atoms with Gasteiger partial charge in [0, 0.05) is 30.9 Å². The molecule has 0 saturated carbocycles. The molecule has 1 atom stereocenters. The number of pyridine rings is 1. The van der Waals surface area contributed by atoms with Crippen LogP contribution < -0.4 is 5.73 Å². The number of nitrogens with zero attached hydrogens (tertiary/aromatic N) is 4. The van der Waals surface area contributed by atoms with E-state index in [0.717, 1.165) is 50.3 Å². The first-order valence-corrected chi connectivity index (χ1v) is 8.41. The van der Waals surface area contributed by atoms with Crippen molar-refractivity contribution in [2.24, 2.45) is 0 Å². The molecule has 0 bridgehead atoms. The van der Waals surface area contributed by atoms with E-state index in [1.807, 2.05) is 18.0 Å². The number of nitrogens with two attached hydrogens (primary N) is 1. The van der Waals surface area contributed by atoms with Crippen LogP contribution in [0.4, 0.5) is 5.82 Å². The number of aryl methyl sites for hydroxylation is 2. The van der Waals surface area contributed by atoms with Gasteiger partial charge in [-0.2, -0.15) is 0 Å². The van der Waals surface area contributed by atoms with E-state index in [4.69, 9.17) is 10.7 Å². The summed E-state index contributed by atoms with van der Waals surface area (Å²) in [5.74, 6) is 1.26. The minimum absolute atomic E-state index is 0.0157. The van der Waals surface area contributed by atoms with Crippen LogP contribution >= 0.6 is 0 Å². The molecule has 6 nitrogen and oxygen atoms in total. The van der Waals surface area contributed by atoms with Gasteiger partial charge in [0.1, 0.15) is 11.6 Å². The molecule has 1 aliphatic heterocycles. The fraction of sp³-hybridized carbons (Fsp3) is 0.444. The third-order valence-electron chi connectivity index (χ3n) is 5.26. The first-order valence-electron chi connectivity index (χ1n) is 8.41. The highest BCUT2D eigenvalue weighted by atomic mass is 16.2. The van der Waals surface area contributed by atoms with Crippen molar-refractivity contribution in [1.82, 2.24) is 19.9 Å². The Kier molecular flexibility index (Phi) is 3.48. The van der Waals surface area contributed by atoms with Gasteiger partial charge in [-0.25, -0.2) is 15.0 Å². The Morgan fingerprint density at radius 1 is 1.25 bits per heavy atom. The average Bonchev–Trinajstić information content (AvgIpc) is 2.92. The Hall–Kier alpha value is -2.50. The summed E-state index contributed by atoms with van der Waals surface area (Å²) in [7, 11) is 0. The average molecular weight is 323 g/mol. The first-order chi connectivity index (χ1) is 11.6. The number of hydrogen-bond donors (Lipinski definition) is 1. The Labute approximate surface area is 141 Å². The Bertz CT molecular complexity index is 784. The molecule has 2 aromatic rings. The van der Waals surface area contributed by atoms with Crippen molar-refractivity contribution in [3.8, 4) is 0 Å². The maximum atomic E-state index is 12.8. The molecule has 4 rings (SSSR count). The van der Waals surface area contributed by atoms with Crippen LogP contribution in [0.2, 0.25) is 0 Å². The van der Waals surface area contributed by atoms with Gasteiger partial charge in [-0.1, -0.05) is 0 Å². The zero-order chi connectivity index (χ0) is 16.7. The summed E-state index contributed by atoms with van der Waals surface area (Å²) in [6, 6.07) is 3.43. The van der Waals surface area contributed by atoms with E-state index in [2.05, 4.69) is 9.97 Å². The fourth-order valence-corrected chi connectivity index (χ4v) is 4.05. The molecule has 1 spiro atoms. The first kappa shape index (κ1) is 15.1. The molecule has 2 N–H and O–H groups in total. The maximum Gasteiger partial charge on any atom is 0.255 e. The van der Waals surface area contributed by atoms with Crippen LogP contribution in [0.3, 0.4) is 0 Å². The molecular formula is C18H21N5O. The number of amides is 1. The van der Waals surface area contributed by atoms with Crippen molar-refractivity contribution >= 4 is 11.7 Å². The van der Waals surface area contributed by atoms with Crippen LogP contribution in [-0.4, -0.2) is 38.8 Å². The second-order valence-electron chi connectivity index (χ2n) is 6.87. The van der Waals surface area contributed by atoms with Gasteiger partial charge in [-0.15, -0.1) is 0 Å². The molecule has 1 fully saturated rings. The molecule has 124 valence electrons. The fourth-order valence-electron chi connectivity index (χ4n) is 4.05. The molecule has 24 heavy (non-hydrogen) atoms. The lowest BCUT2D eigenvalue weighted by Crippen LogP contribution is -2.48. The summed E-state index contributed by atoms with van der Waals surface area (Å²) in [5.41, 5.74) is 8.59. The van der Waals surface area contributed by atoms with Crippen molar-refractivity contribution < 1.29 is 4.79 Å². The number of carbonyl (C=O) groups is 1. The lowest BCUT2D eigenvalue weighted by molar-refractivity contribution is 0.0633. The number of piperidine rings is 1. The number of nitrogen functional groups attached to an aromatic ring is 1. The van der Waals surface area contributed by atoms with Crippen LogP contribution in [0.5, 0.6) is 0 Å². The zero-order valence-electron chi connectivity index (χ0n) is 13.8. The second kappa shape index (κ2) is 5.54. The predicted octanol–water partition coefficient (Wildman–Crippen LogP) is 1.88. The number of carbonyl (C=O) groups excluding carboxylic acids is 1. The van der Waals surface area contributed by atoms with Gasteiger partial charge in [0.25, 0.3) is 5.91 Å². The highest BCUT2D eigenvalue weighted by molar-refractivity contribution is 5.94. The highest BCUT2D eigenvalue weighted by Crippen LogP contribution is 2.44. The van der Waals surface area contributed by atoms with Gasteiger partial charge >= 0.3 is 0 Å². The van der Waals surface area contributed by atoms with Crippen molar-refractivity contribution in [1.29, 1.82) is 0 Å². The van der Waals surface area contributed by atoms with Crippen LogP contribution in [0.15, 0.2) is 24.5 Å². The Morgan fingerprint density at radius 3 is 2.92 bits per heavy atom. The van der Waals surface area contributed by atoms with Crippen molar-refractivity contribution in [2.45, 2.75) is 38.0 Å². The normalized spacial score (nSPS) is 22.6. The minimum atomic E-state index is -0.0157. The Balaban J connectivity index is 1.62. The molecule has 1 amide bonds. The number of aromatic nitrogens is 3. The van der Waals surface area contributed by atoms with E-state index in [9.17, 15) is 4.79 Å². The number of rotatable bonds is 1. The van der Waals surface area contributed by atoms with E-state index >= 15 is 0 Å². The second-order valence-corrected chi connectivity index (χ2v) is 6.87. The molecule has 3 heterocycles. The van der Waals surface area contributed by atoms with E-state index in [0.29, 0.717) is 11.4 Å². The number of anilines is 1. The molecule has 6 heteroatoms. The van der Waals surface area contributed by atoms with E-state index < -0.39 is 0 Å². The van der Waals surface area contributed by atoms with E-state index in [-0.39, 0.29) is 11.3 Å². The maximum absolute atomic E-state index is 12.8. The van der Waals surface area contributed by atoms with Crippen molar-refractivity contribution in [3.63, 3.8) is 0 Å². The molecule has 1 saturated heterocycles. The summed E-state index contributed by atoms with van der Waals surface area (Å²) in [4.78, 5) is 27.9. The largest absolute Gasteiger partial charge is 0.384 e. The summed E-state index contributed by atoms with van der Waals surface area (Å²) in [6.07, 6.45) is 7.65. The molecular weight excluding hydrogens is 302 g/mol. The quantitative estimate of drug-likeness (QED) is 0.866. The number of likely N-dealkylation sites (tertiary alicyclic amines) is 1. The summed E-state index contributed by atoms with van der Waals surface area (Å²) in [5, 5.41) is 0. The van der Waals surface area contributed by atoms with E-state index in [1.165, 1.54) is 5.56 Å². The predicted molar refractivity (Wildman–Crippen MR) is 90.6 cm³/mol. The minimum Gasteiger partial charge on any atom is -0.384 e. The van der Waals surface area contributed by atoms with Crippen molar-refractivity contribution in [3.05, 3.63) is 47.2 Å². The standard InChI is InChI=1S/C18H21N5O/c1-12-20-9-13-5-7-18(16(13)22-12)6-2-8-23(11-18)17(24)14-3-4-15(19)21-10-14/h3-4,9-10H,2,5-8,11H2,1H3,(H2,19,21). The molecule has 1 unspecified atom stereocenters. The molecule has 2 aliphatic rings. The van der Waals surface area contributed by atoms with Gasteiger partial charge in [0.05, 0.1) is 11.3 Å². The van der Waals surface area contributed by atoms with E-state index in [1.54, 1.807) is 18.3 Å². The smallest absolute Gasteiger partial charge is 0.255 e. The van der Waals surface area contributed by atoms with Crippen LogP contribution in [0.1, 0.15) is 46.7 Å². The summed E-state index contributed by atoms with van der Waals surface area (Å²) >= 11 is 0. The van der Waals surface area contributed by atoms with Gasteiger partial charge in [-0.3, -0.25) is 4.79 Å².